The van der Waals surface area contributed by atoms with Gasteiger partial charge in [0.25, 0.3) is 0 Å². The summed E-state index contributed by atoms with van der Waals surface area (Å²) in [5.41, 5.74) is 0. The Hall–Kier alpha value is 0.250. The Morgan fingerprint density at radius 3 is 2.29 bits per heavy atom. The molecule has 2 saturated carbocycles. The molecule has 2 aliphatic carbocycles. The zero-order chi connectivity index (χ0) is 9.71. The first-order valence-electron chi connectivity index (χ1n) is 6.09. The molecular formula is C12H20ClN. The molecule has 1 saturated heterocycles. The fraction of sp³-hybridized carbons (Fsp3) is 1.00. The smallest absolute Gasteiger partial charge is 0.0376 e. The lowest BCUT2D eigenvalue weighted by molar-refractivity contribution is 0.246. The monoisotopic (exact) mass is 213 g/mol. The van der Waals surface area contributed by atoms with E-state index in [9.17, 15) is 0 Å². The molecule has 14 heavy (non-hydrogen) atoms. The second-order valence-corrected chi connectivity index (χ2v) is 5.93. The van der Waals surface area contributed by atoms with E-state index in [1.165, 1.54) is 25.9 Å². The van der Waals surface area contributed by atoms with Crippen molar-refractivity contribution in [2.45, 2.75) is 32.2 Å². The maximum Gasteiger partial charge on any atom is 0.0376 e. The molecule has 80 valence electrons. The first-order valence-corrected chi connectivity index (χ1v) is 6.63. The van der Waals surface area contributed by atoms with Crippen molar-refractivity contribution in [3.63, 3.8) is 0 Å². The molecule has 0 N–H and O–H groups in total. The van der Waals surface area contributed by atoms with Crippen molar-refractivity contribution in [3.8, 4) is 0 Å². The second-order valence-electron chi connectivity index (χ2n) is 5.62. The van der Waals surface area contributed by atoms with Crippen molar-refractivity contribution in [3.05, 3.63) is 0 Å². The van der Waals surface area contributed by atoms with E-state index < -0.39 is 0 Å². The van der Waals surface area contributed by atoms with Gasteiger partial charge in [-0.1, -0.05) is 0 Å². The first-order chi connectivity index (χ1) is 6.79. The van der Waals surface area contributed by atoms with Crippen molar-refractivity contribution in [1.29, 1.82) is 0 Å². The second kappa shape index (κ2) is 3.38. The summed E-state index contributed by atoms with van der Waals surface area (Å²) < 4.78 is 0. The fourth-order valence-electron chi connectivity index (χ4n) is 4.17. The highest BCUT2D eigenvalue weighted by Gasteiger charge is 2.51. The Morgan fingerprint density at radius 1 is 1.21 bits per heavy atom. The largest absolute Gasteiger partial charge is 0.299 e. The molecule has 0 amide bonds. The van der Waals surface area contributed by atoms with Crippen LogP contribution in [0.25, 0.3) is 0 Å². The van der Waals surface area contributed by atoms with Gasteiger partial charge in [0, 0.05) is 25.0 Å². The summed E-state index contributed by atoms with van der Waals surface area (Å²) in [5.74, 6) is 5.04. The third-order valence-electron chi connectivity index (χ3n) is 5.01. The van der Waals surface area contributed by atoms with Crippen LogP contribution in [0, 0.1) is 23.7 Å². The third-order valence-corrected chi connectivity index (χ3v) is 5.46. The van der Waals surface area contributed by atoms with Gasteiger partial charge in [0.2, 0.25) is 0 Å². The molecule has 2 heteroatoms. The number of hydrogen-bond donors (Lipinski definition) is 0. The number of alkyl halides is 1. The molecule has 0 aromatic rings. The predicted molar refractivity (Wildman–Crippen MR) is 59.6 cm³/mol. The molecule has 1 nitrogen and oxygen atoms in total. The van der Waals surface area contributed by atoms with Crippen LogP contribution in [0.15, 0.2) is 0 Å². The van der Waals surface area contributed by atoms with E-state index in [4.69, 9.17) is 11.6 Å². The molecule has 2 bridgehead atoms. The molecule has 3 fully saturated rings. The van der Waals surface area contributed by atoms with Gasteiger partial charge in [0.1, 0.15) is 0 Å². The van der Waals surface area contributed by atoms with Crippen LogP contribution in [0.1, 0.15) is 26.2 Å². The summed E-state index contributed by atoms with van der Waals surface area (Å²) in [6, 6.07) is 0.599. The summed E-state index contributed by atoms with van der Waals surface area (Å²) in [7, 11) is 0. The van der Waals surface area contributed by atoms with E-state index in [2.05, 4.69) is 11.8 Å². The van der Waals surface area contributed by atoms with E-state index in [0.29, 0.717) is 6.04 Å². The Kier molecular flexibility index (Phi) is 2.29. The first kappa shape index (κ1) is 9.47. The average molecular weight is 214 g/mol. The normalized spacial score (nSPS) is 48.4. The fourth-order valence-corrected chi connectivity index (χ4v) is 4.37. The third kappa shape index (κ3) is 1.25. The van der Waals surface area contributed by atoms with Crippen molar-refractivity contribution >= 4 is 11.6 Å². The van der Waals surface area contributed by atoms with Crippen molar-refractivity contribution < 1.29 is 0 Å². The van der Waals surface area contributed by atoms with Gasteiger partial charge in [-0.25, -0.2) is 0 Å². The highest BCUT2D eigenvalue weighted by atomic mass is 35.5. The van der Waals surface area contributed by atoms with Crippen molar-refractivity contribution in [2.75, 3.05) is 19.0 Å². The maximum absolute atomic E-state index is 5.94. The molecule has 1 heterocycles. The molecule has 1 aliphatic heterocycles. The Labute approximate surface area is 91.8 Å². The zero-order valence-electron chi connectivity index (χ0n) is 8.95. The zero-order valence-corrected chi connectivity index (χ0v) is 9.71. The number of halogens is 1. The van der Waals surface area contributed by atoms with Crippen LogP contribution in [0.5, 0.6) is 0 Å². The standard InChI is InChI=1S/C12H20ClN/c1-8(5-13)14-6-11-9-2-3-10(4-9)12(11)7-14/h8-12H,2-7H2,1H3/t8-,9-,10+,11-,12+/m1/s1. The van der Waals surface area contributed by atoms with Gasteiger partial charge in [-0.2, -0.15) is 0 Å². The van der Waals surface area contributed by atoms with Gasteiger partial charge in [0.05, 0.1) is 0 Å². The van der Waals surface area contributed by atoms with E-state index in [0.717, 1.165) is 29.6 Å². The maximum atomic E-state index is 5.94. The lowest BCUT2D eigenvalue weighted by Gasteiger charge is -2.23. The van der Waals surface area contributed by atoms with Gasteiger partial charge < -0.3 is 0 Å². The lowest BCUT2D eigenvalue weighted by Crippen LogP contribution is -2.33. The highest BCUT2D eigenvalue weighted by molar-refractivity contribution is 6.18. The molecule has 0 aromatic heterocycles. The van der Waals surface area contributed by atoms with Gasteiger partial charge in [-0.15, -0.1) is 11.6 Å². The lowest BCUT2D eigenvalue weighted by atomic mass is 9.82. The Bertz CT molecular complexity index is 212. The SMILES string of the molecule is C[C@H](CCl)N1C[C@@H]2[C@@H]3CC[C@@H](C3)[C@@H]2C1. The van der Waals surface area contributed by atoms with E-state index in [-0.39, 0.29) is 0 Å². The molecule has 0 unspecified atom stereocenters. The Balaban J connectivity index is 1.70. The minimum atomic E-state index is 0.599. The number of rotatable bonds is 2. The number of likely N-dealkylation sites (tertiary alicyclic amines) is 1. The van der Waals surface area contributed by atoms with Crippen LogP contribution in [0.2, 0.25) is 0 Å². The van der Waals surface area contributed by atoms with Crippen LogP contribution in [-0.4, -0.2) is 29.9 Å². The molecule has 5 atom stereocenters. The van der Waals surface area contributed by atoms with E-state index >= 15 is 0 Å². The van der Waals surface area contributed by atoms with Crippen molar-refractivity contribution in [2.24, 2.45) is 23.7 Å². The highest BCUT2D eigenvalue weighted by Crippen LogP contribution is 2.55. The Morgan fingerprint density at radius 2 is 1.79 bits per heavy atom. The quantitative estimate of drug-likeness (QED) is 0.638. The van der Waals surface area contributed by atoms with Crippen LogP contribution in [-0.2, 0) is 0 Å². The van der Waals surface area contributed by atoms with E-state index in [1.54, 1.807) is 6.42 Å². The summed E-state index contributed by atoms with van der Waals surface area (Å²) in [6.07, 6.45) is 4.60. The summed E-state index contributed by atoms with van der Waals surface area (Å²) in [5, 5.41) is 0. The van der Waals surface area contributed by atoms with Crippen LogP contribution < -0.4 is 0 Å². The molecule has 3 rings (SSSR count). The van der Waals surface area contributed by atoms with Crippen LogP contribution in [0.4, 0.5) is 0 Å². The average Bonchev–Trinajstić information content (AvgIpc) is 2.87. The molecule has 0 aromatic carbocycles. The summed E-state index contributed by atoms with van der Waals surface area (Å²) >= 11 is 5.94. The number of hydrogen-bond acceptors (Lipinski definition) is 1. The summed E-state index contributed by atoms with van der Waals surface area (Å²) in [4.78, 5) is 2.63. The van der Waals surface area contributed by atoms with Crippen molar-refractivity contribution in [1.82, 2.24) is 4.90 Å². The van der Waals surface area contributed by atoms with Gasteiger partial charge >= 0.3 is 0 Å². The minimum absolute atomic E-state index is 0.599. The van der Waals surface area contributed by atoms with Crippen LogP contribution >= 0.6 is 11.6 Å². The molecule has 3 aliphatic rings. The van der Waals surface area contributed by atoms with Crippen LogP contribution in [0.3, 0.4) is 0 Å². The predicted octanol–water partition coefficient (Wildman–Crippen LogP) is 2.59. The molecular weight excluding hydrogens is 194 g/mol. The van der Waals surface area contributed by atoms with Gasteiger partial charge in [0.15, 0.2) is 0 Å². The van der Waals surface area contributed by atoms with E-state index in [1.807, 2.05) is 0 Å². The molecule has 0 spiro atoms. The number of fused-ring (bicyclic) bond motifs is 5. The van der Waals surface area contributed by atoms with Gasteiger partial charge in [-0.05, 0) is 49.9 Å². The number of nitrogens with zero attached hydrogens (tertiary/aromatic N) is 1. The molecule has 0 radical (unpaired) electrons. The minimum Gasteiger partial charge on any atom is -0.299 e. The topological polar surface area (TPSA) is 3.24 Å². The van der Waals surface area contributed by atoms with Gasteiger partial charge in [-0.3, -0.25) is 4.90 Å². The summed E-state index contributed by atoms with van der Waals surface area (Å²) in [6.45, 7) is 4.97.